The minimum absolute atomic E-state index is 0.162. The van der Waals surface area contributed by atoms with E-state index < -0.39 is 5.97 Å². The fourth-order valence-corrected chi connectivity index (χ4v) is 1.21. The molecule has 1 aliphatic rings. The average Bonchev–Trinajstić information content (AvgIpc) is 2.47. The van der Waals surface area contributed by atoms with Gasteiger partial charge in [0, 0.05) is 0 Å². The van der Waals surface area contributed by atoms with Crippen LogP contribution in [0.25, 0.3) is 0 Å². The first kappa shape index (κ1) is 12.1. The Balaban J connectivity index is 2.76. The standard InChI is InChI=1S/C12H13NO3/c1-9-4-3-5-10(7-13)11(6-9)16-8-12(14)15-2/h3-6,9H,8H2,1-2H3. The second-order valence-electron chi connectivity index (χ2n) is 3.33. The molecule has 0 aromatic rings. The number of allylic oxidation sites excluding steroid dienone is 5. The zero-order valence-electron chi connectivity index (χ0n) is 9.27. The molecule has 0 bridgehead atoms. The number of rotatable bonds is 3. The van der Waals surface area contributed by atoms with Crippen LogP contribution in [0.4, 0.5) is 0 Å². The van der Waals surface area contributed by atoms with Gasteiger partial charge in [-0.15, -0.1) is 0 Å². The Morgan fingerprint density at radius 2 is 2.38 bits per heavy atom. The van der Waals surface area contributed by atoms with Gasteiger partial charge < -0.3 is 9.47 Å². The van der Waals surface area contributed by atoms with E-state index in [1.54, 1.807) is 18.2 Å². The Morgan fingerprint density at radius 3 is 3.00 bits per heavy atom. The normalized spacial score (nSPS) is 18.9. The first-order chi connectivity index (χ1) is 7.67. The van der Waals surface area contributed by atoms with Crippen LogP contribution < -0.4 is 0 Å². The molecule has 1 aliphatic carbocycles. The Labute approximate surface area is 94.5 Å². The van der Waals surface area contributed by atoms with Crippen molar-refractivity contribution < 1.29 is 14.3 Å². The summed E-state index contributed by atoms with van der Waals surface area (Å²) in [6.45, 7) is 1.78. The van der Waals surface area contributed by atoms with E-state index in [2.05, 4.69) is 4.74 Å². The van der Waals surface area contributed by atoms with Gasteiger partial charge >= 0.3 is 5.97 Å². The van der Waals surface area contributed by atoms with Crippen molar-refractivity contribution in [1.29, 1.82) is 5.26 Å². The molecule has 0 N–H and O–H groups in total. The van der Waals surface area contributed by atoms with E-state index in [-0.39, 0.29) is 12.5 Å². The molecule has 1 atom stereocenters. The molecule has 1 unspecified atom stereocenters. The minimum Gasteiger partial charge on any atom is -0.481 e. The van der Waals surface area contributed by atoms with Gasteiger partial charge in [0.2, 0.25) is 0 Å². The number of methoxy groups -OCH3 is 1. The van der Waals surface area contributed by atoms with Crippen LogP contribution in [0.15, 0.2) is 35.6 Å². The van der Waals surface area contributed by atoms with E-state index in [1.807, 2.05) is 19.1 Å². The van der Waals surface area contributed by atoms with Crippen molar-refractivity contribution >= 4 is 5.97 Å². The molecule has 16 heavy (non-hydrogen) atoms. The third-order valence-electron chi connectivity index (χ3n) is 2.05. The summed E-state index contributed by atoms with van der Waals surface area (Å²) in [6, 6.07) is 2.02. The van der Waals surface area contributed by atoms with Gasteiger partial charge in [0.05, 0.1) is 12.7 Å². The molecule has 0 heterocycles. The summed E-state index contributed by atoms with van der Waals surface area (Å²) in [4.78, 5) is 10.9. The molecular formula is C12H13NO3. The third-order valence-corrected chi connectivity index (χ3v) is 2.05. The first-order valence-electron chi connectivity index (χ1n) is 4.87. The number of hydrogen-bond donors (Lipinski definition) is 0. The molecule has 0 fully saturated rings. The van der Waals surface area contributed by atoms with E-state index in [0.29, 0.717) is 11.3 Å². The fraction of sp³-hybridized carbons (Fsp3) is 0.333. The second kappa shape index (κ2) is 5.76. The summed E-state index contributed by atoms with van der Waals surface area (Å²) < 4.78 is 9.70. The summed E-state index contributed by atoms with van der Waals surface area (Å²) in [6.07, 6.45) is 7.19. The number of nitrogens with zero attached hydrogens (tertiary/aromatic N) is 1. The lowest BCUT2D eigenvalue weighted by molar-refractivity contribution is -0.144. The van der Waals surface area contributed by atoms with Gasteiger partial charge in [-0.05, 0) is 18.1 Å². The smallest absolute Gasteiger partial charge is 0.343 e. The van der Waals surface area contributed by atoms with E-state index >= 15 is 0 Å². The van der Waals surface area contributed by atoms with Gasteiger partial charge in [-0.1, -0.05) is 19.1 Å². The Hall–Kier alpha value is -2.02. The number of esters is 1. The van der Waals surface area contributed by atoms with Crippen LogP contribution in [0, 0.1) is 17.2 Å². The average molecular weight is 219 g/mol. The van der Waals surface area contributed by atoms with E-state index in [1.165, 1.54) is 7.11 Å². The molecule has 4 heteroatoms. The van der Waals surface area contributed by atoms with Gasteiger partial charge in [-0.2, -0.15) is 5.26 Å². The third kappa shape index (κ3) is 3.28. The predicted molar refractivity (Wildman–Crippen MR) is 58.1 cm³/mol. The fourth-order valence-electron chi connectivity index (χ4n) is 1.21. The lowest BCUT2D eigenvalue weighted by Crippen LogP contribution is -2.11. The van der Waals surface area contributed by atoms with E-state index in [4.69, 9.17) is 10.00 Å². The van der Waals surface area contributed by atoms with Crippen molar-refractivity contribution in [3.63, 3.8) is 0 Å². The van der Waals surface area contributed by atoms with Gasteiger partial charge in [0.1, 0.15) is 11.8 Å². The Morgan fingerprint density at radius 1 is 1.62 bits per heavy atom. The number of carbonyl (C=O) groups excluding carboxylic acids is 1. The van der Waals surface area contributed by atoms with Crippen LogP contribution >= 0.6 is 0 Å². The van der Waals surface area contributed by atoms with Crippen LogP contribution in [0.3, 0.4) is 0 Å². The second-order valence-corrected chi connectivity index (χ2v) is 3.33. The highest BCUT2D eigenvalue weighted by Gasteiger charge is 2.11. The van der Waals surface area contributed by atoms with Gasteiger partial charge in [0.25, 0.3) is 0 Å². The number of hydrogen-bond acceptors (Lipinski definition) is 4. The number of carbonyl (C=O) groups is 1. The summed E-state index contributed by atoms with van der Waals surface area (Å²) >= 11 is 0. The molecule has 0 spiro atoms. The highest BCUT2D eigenvalue weighted by molar-refractivity contribution is 5.70. The largest absolute Gasteiger partial charge is 0.481 e. The Bertz CT molecular complexity index is 399. The maximum absolute atomic E-state index is 10.9. The van der Waals surface area contributed by atoms with Crippen molar-refractivity contribution in [2.45, 2.75) is 6.92 Å². The van der Waals surface area contributed by atoms with Crippen molar-refractivity contribution in [3.8, 4) is 6.07 Å². The van der Waals surface area contributed by atoms with Crippen LogP contribution in [-0.2, 0) is 14.3 Å². The molecular weight excluding hydrogens is 206 g/mol. The van der Waals surface area contributed by atoms with E-state index in [0.717, 1.165) is 0 Å². The number of ether oxygens (including phenoxy) is 2. The molecule has 84 valence electrons. The summed E-state index contributed by atoms with van der Waals surface area (Å²) in [5.41, 5.74) is 0.407. The lowest BCUT2D eigenvalue weighted by atomic mass is 10.1. The maximum Gasteiger partial charge on any atom is 0.343 e. The van der Waals surface area contributed by atoms with Crippen molar-refractivity contribution in [3.05, 3.63) is 35.6 Å². The molecule has 0 aromatic carbocycles. The quantitative estimate of drug-likeness (QED) is 0.678. The number of nitriles is 1. The molecule has 0 aromatic heterocycles. The van der Waals surface area contributed by atoms with Crippen LogP contribution in [-0.4, -0.2) is 19.7 Å². The van der Waals surface area contributed by atoms with Gasteiger partial charge in [-0.3, -0.25) is 0 Å². The van der Waals surface area contributed by atoms with Crippen molar-refractivity contribution in [2.24, 2.45) is 5.92 Å². The molecule has 0 saturated heterocycles. The van der Waals surface area contributed by atoms with E-state index in [9.17, 15) is 4.79 Å². The first-order valence-corrected chi connectivity index (χ1v) is 4.87. The molecule has 4 nitrogen and oxygen atoms in total. The minimum atomic E-state index is -0.469. The Kier molecular flexibility index (Phi) is 4.34. The zero-order chi connectivity index (χ0) is 12.0. The molecule has 1 rings (SSSR count). The predicted octanol–water partition coefficient (Wildman–Crippen LogP) is 1.72. The highest BCUT2D eigenvalue weighted by atomic mass is 16.6. The topological polar surface area (TPSA) is 59.3 Å². The van der Waals surface area contributed by atoms with Gasteiger partial charge in [0.15, 0.2) is 6.61 Å². The molecule has 0 aliphatic heterocycles. The van der Waals surface area contributed by atoms with Crippen molar-refractivity contribution in [1.82, 2.24) is 0 Å². The summed E-state index contributed by atoms with van der Waals surface area (Å²) in [7, 11) is 1.29. The van der Waals surface area contributed by atoms with Crippen molar-refractivity contribution in [2.75, 3.05) is 13.7 Å². The monoisotopic (exact) mass is 219 g/mol. The molecule has 0 saturated carbocycles. The summed E-state index contributed by atoms with van der Waals surface area (Å²) in [5, 5.41) is 8.91. The maximum atomic E-state index is 10.9. The lowest BCUT2D eigenvalue weighted by Gasteiger charge is -2.08. The van der Waals surface area contributed by atoms with Crippen LogP contribution in [0.1, 0.15) is 6.92 Å². The molecule has 0 amide bonds. The highest BCUT2D eigenvalue weighted by Crippen LogP contribution is 2.18. The SMILES string of the molecule is COC(=O)COC1=CC(C)C=CC=C1C#N. The van der Waals surface area contributed by atoms with Crippen LogP contribution in [0.5, 0.6) is 0 Å². The van der Waals surface area contributed by atoms with Crippen LogP contribution in [0.2, 0.25) is 0 Å². The van der Waals surface area contributed by atoms with Gasteiger partial charge in [-0.25, -0.2) is 4.79 Å². The molecule has 0 radical (unpaired) electrons. The summed E-state index contributed by atoms with van der Waals surface area (Å²) in [5.74, 6) is 0.114. The zero-order valence-corrected chi connectivity index (χ0v) is 9.27.